The number of rotatable bonds is 6. The highest BCUT2D eigenvalue weighted by Gasteiger charge is 2.67. The summed E-state index contributed by atoms with van der Waals surface area (Å²) in [6.45, 7) is 1.71. The number of benzene rings is 2. The molecule has 0 aliphatic heterocycles. The maximum Gasteiger partial charge on any atom is 0.255 e. The number of ether oxygens (including phenoxy) is 1. The van der Waals surface area contributed by atoms with E-state index < -0.39 is 75.6 Å². The van der Waals surface area contributed by atoms with Crippen LogP contribution in [0.4, 0.5) is 0 Å². The highest BCUT2D eigenvalue weighted by Crippen LogP contribution is 2.56. The topological polar surface area (TPSA) is 191 Å². The Labute approximate surface area is 266 Å². The van der Waals surface area contributed by atoms with E-state index in [9.17, 15) is 39.9 Å². The number of carbonyl (C=O) groups excluding carboxylic acids is 3. The molecule has 6 atom stereocenters. The Bertz CT molecular complexity index is 1720. The Morgan fingerprint density at radius 1 is 1.09 bits per heavy atom. The number of aliphatic hydroxyl groups is 4. The molecule has 4 aliphatic rings. The van der Waals surface area contributed by atoms with E-state index in [0.717, 1.165) is 30.6 Å². The monoisotopic (exact) mass is 632 g/mol. The molecule has 244 valence electrons. The molecule has 11 heteroatoms. The molecule has 7 N–H and O–H groups in total. The smallest absolute Gasteiger partial charge is 0.255 e. The number of aliphatic hydroxyl groups excluding tert-OH is 3. The van der Waals surface area contributed by atoms with Crippen LogP contribution in [0.15, 0.2) is 53.0 Å². The molecule has 2 aromatic rings. The van der Waals surface area contributed by atoms with E-state index >= 15 is 0 Å². The molecule has 0 unspecified atom stereocenters. The minimum absolute atomic E-state index is 0.119. The molecule has 1 fully saturated rings. The Morgan fingerprint density at radius 2 is 1.76 bits per heavy atom. The first-order chi connectivity index (χ1) is 21.7. The molecule has 46 heavy (non-hydrogen) atoms. The fraction of sp³-hybridized carbons (Fsp3) is 0.457. The molecular formula is C35H40N2O9. The van der Waals surface area contributed by atoms with E-state index in [1.165, 1.54) is 31.8 Å². The minimum atomic E-state index is -2.96. The number of ketones is 2. The van der Waals surface area contributed by atoms with Crippen LogP contribution in [0.5, 0.6) is 11.5 Å². The zero-order valence-electron chi connectivity index (χ0n) is 26.3. The highest BCUT2D eigenvalue weighted by atomic mass is 16.5. The Morgan fingerprint density at radius 3 is 2.37 bits per heavy atom. The van der Waals surface area contributed by atoms with Gasteiger partial charge in [-0.3, -0.25) is 19.3 Å². The number of hydrogen-bond acceptors (Lipinski definition) is 10. The molecule has 0 spiro atoms. The number of primary amides is 1. The van der Waals surface area contributed by atoms with Crippen molar-refractivity contribution in [3.05, 3.63) is 69.7 Å². The second kappa shape index (κ2) is 11.3. The van der Waals surface area contributed by atoms with Gasteiger partial charge in [0.05, 0.1) is 30.7 Å². The quantitative estimate of drug-likeness (QED) is 0.258. The van der Waals surface area contributed by atoms with Gasteiger partial charge in [-0.15, -0.1) is 0 Å². The number of aromatic hydroxyl groups is 1. The van der Waals surface area contributed by atoms with E-state index in [1.807, 2.05) is 12.1 Å². The number of nitrogens with zero attached hydrogens (tertiary/aromatic N) is 1. The normalized spacial score (nSPS) is 29.6. The van der Waals surface area contributed by atoms with Gasteiger partial charge in [-0.25, -0.2) is 0 Å². The van der Waals surface area contributed by atoms with Gasteiger partial charge in [0.15, 0.2) is 11.4 Å². The summed E-state index contributed by atoms with van der Waals surface area (Å²) in [5.41, 5.74) is 3.39. The molecule has 11 nitrogen and oxygen atoms in total. The lowest BCUT2D eigenvalue weighted by Crippen LogP contribution is -2.68. The number of Topliss-reactive ketones (excluding diaryl/α,β-unsaturated/α-hetero) is 2. The summed E-state index contributed by atoms with van der Waals surface area (Å²) in [6, 6.07) is 7.66. The Kier molecular flexibility index (Phi) is 7.77. The molecule has 0 aromatic heterocycles. The summed E-state index contributed by atoms with van der Waals surface area (Å²) >= 11 is 0. The SMILES string of the molecule is COc1ccc(-c2ccc3c(c2O)C(=O)C2=C(O)[C@]4(O)C(=O)C(C(N)=O)=C(O)[C@@H](N(C)C)[C@@H]4[C@@H](O)[C@@H]2[C@H]3C)cc1CC1CCCC1. The van der Waals surface area contributed by atoms with Gasteiger partial charge >= 0.3 is 0 Å². The molecule has 0 radical (unpaired) electrons. The molecule has 4 aliphatic carbocycles. The number of nitrogens with two attached hydrogens (primary N) is 1. The number of methoxy groups -OCH3 is 1. The molecule has 2 aromatic carbocycles. The first-order valence-corrected chi connectivity index (χ1v) is 15.6. The number of phenolic OH excluding ortho intramolecular Hbond substituents is 1. The van der Waals surface area contributed by atoms with E-state index in [-0.39, 0.29) is 11.3 Å². The minimum Gasteiger partial charge on any atom is -0.510 e. The first-order valence-electron chi connectivity index (χ1n) is 15.6. The Balaban J connectivity index is 1.50. The third kappa shape index (κ3) is 4.39. The third-order valence-corrected chi connectivity index (χ3v) is 10.7. The molecular weight excluding hydrogens is 592 g/mol. The van der Waals surface area contributed by atoms with Gasteiger partial charge in [0.1, 0.15) is 28.6 Å². The maximum atomic E-state index is 14.3. The molecule has 1 saturated carbocycles. The highest BCUT2D eigenvalue weighted by molar-refractivity contribution is 6.25. The number of carbonyl (C=O) groups is 3. The number of phenols is 1. The number of likely N-dealkylation sites (N-methyl/N-ethyl adjacent to an activating group) is 1. The van der Waals surface area contributed by atoms with Crippen LogP contribution >= 0.6 is 0 Å². The van der Waals surface area contributed by atoms with Crippen molar-refractivity contribution in [2.75, 3.05) is 21.2 Å². The van der Waals surface area contributed by atoms with Crippen LogP contribution in [-0.2, 0) is 16.0 Å². The third-order valence-electron chi connectivity index (χ3n) is 10.7. The van der Waals surface area contributed by atoms with Crippen LogP contribution in [-0.4, -0.2) is 86.9 Å². The predicted octanol–water partition coefficient (Wildman–Crippen LogP) is 3.06. The predicted molar refractivity (Wildman–Crippen MR) is 167 cm³/mol. The lowest BCUT2D eigenvalue weighted by molar-refractivity contribution is -0.162. The van der Waals surface area contributed by atoms with Crippen molar-refractivity contribution in [1.29, 1.82) is 0 Å². The van der Waals surface area contributed by atoms with Crippen molar-refractivity contribution in [3.8, 4) is 22.6 Å². The summed E-state index contributed by atoms with van der Waals surface area (Å²) in [7, 11) is 4.61. The summed E-state index contributed by atoms with van der Waals surface area (Å²) < 4.78 is 5.62. The van der Waals surface area contributed by atoms with Gasteiger partial charge in [0.25, 0.3) is 5.91 Å². The van der Waals surface area contributed by atoms with Crippen molar-refractivity contribution in [2.24, 2.45) is 23.5 Å². The second-order valence-corrected chi connectivity index (χ2v) is 13.4. The zero-order chi connectivity index (χ0) is 33.4. The van der Waals surface area contributed by atoms with Crippen LogP contribution in [0, 0.1) is 17.8 Å². The van der Waals surface area contributed by atoms with E-state index in [2.05, 4.69) is 0 Å². The number of fused-ring (bicyclic) bond motifs is 3. The summed E-state index contributed by atoms with van der Waals surface area (Å²) in [5.74, 6) is -7.83. The number of hydrogen-bond donors (Lipinski definition) is 6. The van der Waals surface area contributed by atoms with Crippen LogP contribution in [0.25, 0.3) is 11.1 Å². The van der Waals surface area contributed by atoms with E-state index in [1.54, 1.807) is 32.2 Å². The van der Waals surface area contributed by atoms with Gasteiger partial charge in [-0.1, -0.05) is 50.8 Å². The summed E-state index contributed by atoms with van der Waals surface area (Å²) in [5, 5.41) is 58.0. The van der Waals surface area contributed by atoms with Crippen molar-refractivity contribution in [3.63, 3.8) is 0 Å². The zero-order valence-corrected chi connectivity index (χ0v) is 26.3. The van der Waals surface area contributed by atoms with E-state index in [0.29, 0.717) is 22.6 Å². The summed E-state index contributed by atoms with van der Waals surface area (Å²) in [6.07, 6.45) is 3.83. The van der Waals surface area contributed by atoms with Gasteiger partial charge in [0, 0.05) is 17.1 Å². The van der Waals surface area contributed by atoms with Crippen molar-refractivity contribution >= 4 is 17.5 Å². The van der Waals surface area contributed by atoms with Crippen molar-refractivity contribution < 1.29 is 44.7 Å². The lowest BCUT2D eigenvalue weighted by Gasteiger charge is -2.53. The van der Waals surface area contributed by atoms with Crippen molar-refractivity contribution in [2.45, 2.75) is 62.7 Å². The van der Waals surface area contributed by atoms with Gasteiger partial charge in [-0.2, -0.15) is 0 Å². The van der Waals surface area contributed by atoms with E-state index in [4.69, 9.17) is 10.5 Å². The molecule has 1 amide bonds. The van der Waals surface area contributed by atoms with Crippen LogP contribution in [0.3, 0.4) is 0 Å². The first kappa shape index (κ1) is 31.8. The average Bonchev–Trinajstić information content (AvgIpc) is 3.52. The van der Waals surface area contributed by atoms with Crippen LogP contribution < -0.4 is 10.5 Å². The largest absolute Gasteiger partial charge is 0.510 e. The second-order valence-electron chi connectivity index (χ2n) is 13.4. The molecule has 6 rings (SSSR count). The van der Waals surface area contributed by atoms with Gasteiger partial charge in [0.2, 0.25) is 5.78 Å². The molecule has 0 heterocycles. The lowest BCUT2D eigenvalue weighted by atomic mass is 9.55. The van der Waals surface area contributed by atoms with Crippen LogP contribution in [0.1, 0.15) is 60.0 Å². The standard InChI is InChI=1S/C35H40N2O9/c1-15-19-10-11-20(17-9-12-21(46-4)18(14-17)13-16-7-5-6-8-16)28(38)23(19)29(39)24-22(15)30(40)26-27(37(2)3)31(41)25(34(36)44)33(43)35(26,45)32(24)42/h9-12,14-16,22,26-27,30,38,40-42,45H,5-8,13H2,1-4H3,(H2,36,44)/t15-,22+,26+,27-,30-,35-/m0/s1. The summed E-state index contributed by atoms with van der Waals surface area (Å²) in [4.78, 5) is 41.6. The molecule has 0 saturated heterocycles. The van der Waals surface area contributed by atoms with Crippen LogP contribution in [0.2, 0.25) is 0 Å². The van der Waals surface area contributed by atoms with Gasteiger partial charge < -0.3 is 36.0 Å². The fourth-order valence-corrected chi connectivity index (χ4v) is 8.49. The fourth-order valence-electron chi connectivity index (χ4n) is 8.49. The Hall–Kier alpha value is -4.19. The maximum absolute atomic E-state index is 14.3. The average molecular weight is 633 g/mol. The van der Waals surface area contributed by atoms with Crippen molar-refractivity contribution in [1.82, 2.24) is 4.90 Å². The van der Waals surface area contributed by atoms with Gasteiger partial charge in [-0.05, 0) is 61.2 Å². The molecule has 0 bridgehead atoms. The number of amides is 1.